The van der Waals surface area contributed by atoms with Crippen molar-refractivity contribution >= 4 is 0 Å². The molecule has 3 atom stereocenters. The van der Waals surface area contributed by atoms with Crippen molar-refractivity contribution in [2.24, 2.45) is 7.05 Å². The Hall–Kier alpha value is -0.940. The molecule has 0 radical (unpaired) electrons. The molecule has 0 aliphatic heterocycles. The molecule has 5 heteroatoms. The minimum absolute atomic E-state index is 0.134. The molecule has 0 saturated heterocycles. The highest BCUT2D eigenvalue weighted by Crippen LogP contribution is 2.21. The number of aryl methyl sites for hydroxylation is 1. The molecule has 2 N–H and O–H groups in total. The number of nitrogens with one attached hydrogen (secondary N) is 1. The molecule has 5 nitrogen and oxygen atoms in total. The Kier molecular flexibility index (Phi) is 3.02. The van der Waals surface area contributed by atoms with E-state index >= 15 is 0 Å². The van der Waals surface area contributed by atoms with Gasteiger partial charge in [0.15, 0.2) is 0 Å². The van der Waals surface area contributed by atoms with E-state index in [0.717, 1.165) is 25.1 Å². The Balaban J connectivity index is 1.97. The minimum atomic E-state index is -0.208. The van der Waals surface area contributed by atoms with E-state index in [4.69, 9.17) is 0 Å². The molecular weight excluding hydrogens is 192 g/mol. The van der Waals surface area contributed by atoms with Crippen LogP contribution in [0, 0.1) is 0 Å². The molecule has 0 amide bonds. The summed E-state index contributed by atoms with van der Waals surface area (Å²) in [6, 6.07) is 0.340. The highest BCUT2D eigenvalue weighted by Gasteiger charge is 2.27. The fraction of sp³-hybridized carbons (Fsp3) is 0.800. The van der Waals surface area contributed by atoms with Crippen molar-refractivity contribution in [3.8, 4) is 0 Å². The van der Waals surface area contributed by atoms with Crippen molar-refractivity contribution in [2.75, 3.05) is 0 Å². The summed E-state index contributed by atoms with van der Waals surface area (Å²) >= 11 is 0. The van der Waals surface area contributed by atoms with Gasteiger partial charge < -0.3 is 15.0 Å². The smallest absolute Gasteiger partial charge is 0.149 e. The van der Waals surface area contributed by atoms with Gasteiger partial charge in [0.25, 0.3) is 0 Å². The molecule has 84 valence electrons. The molecule has 1 heterocycles. The maximum Gasteiger partial charge on any atom is 0.149 e. The first-order chi connectivity index (χ1) is 7.18. The number of aliphatic hydroxyl groups excluding tert-OH is 1. The number of aromatic nitrogens is 3. The molecule has 0 aromatic carbocycles. The van der Waals surface area contributed by atoms with Gasteiger partial charge in [-0.25, -0.2) is 0 Å². The van der Waals surface area contributed by atoms with Crippen LogP contribution in [-0.2, 0) is 7.05 Å². The van der Waals surface area contributed by atoms with E-state index < -0.39 is 0 Å². The fourth-order valence-electron chi connectivity index (χ4n) is 2.21. The maximum atomic E-state index is 9.70. The Bertz CT molecular complexity index is 325. The average molecular weight is 210 g/mol. The molecule has 1 fully saturated rings. The second kappa shape index (κ2) is 4.28. The summed E-state index contributed by atoms with van der Waals surface area (Å²) in [5.74, 6) is 0.911. The molecule has 1 aliphatic carbocycles. The molecular formula is C10H18N4O. The summed E-state index contributed by atoms with van der Waals surface area (Å²) in [5, 5.41) is 21.0. The summed E-state index contributed by atoms with van der Waals surface area (Å²) in [7, 11) is 1.93. The van der Waals surface area contributed by atoms with Crippen molar-refractivity contribution in [3.05, 3.63) is 12.2 Å². The topological polar surface area (TPSA) is 63.0 Å². The first-order valence-corrected chi connectivity index (χ1v) is 5.46. The van der Waals surface area contributed by atoms with Crippen LogP contribution in [-0.4, -0.2) is 32.0 Å². The van der Waals surface area contributed by atoms with Crippen LogP contribution < -0.4 is 5.32 Å². The van der Waals surface area contributed by atoms with Crippen molar-refractivity contribution < 1.29 is 5.11 Å². The Labute approximate surface area is 89.5 Å². The number of rotatable bonds is 3. The minimum Gasteiger partial charge on any atom is -0.392 e. The highest BCUT2D eigenvalue weighted by atomic mass is 16.3. The van der Waals surface area contributed by atoms with Crippen LogP contribution >= 0.6 is 0 Å². The first kappa shape index (κ1) is 10.6. The summed E-state index contributed by atoms with van der Waals surface area (Å²) in [6.45, 7) is 2.05. The van der Waals surface area contributed by atoms with Gasteiger partial charge in [-0.2, -0.15) is 0 Å². The highest BCUT2D eigenvalue weighted by molar-refractivity contribution is 4.95. The standard InChI is InChI=1S/C10H18N4O/c1-7(10-13-11-6-14(10)2)12-8-4-3-5-9(8)15/h6-9,12,15H,3-5H2,1-2H3/t7?,8-,9-/m1/s1. The number of aliphatic hydroxyl groups is 1. The molecule has 1 aromatic heterocycles. The fourth-order valence-corrected chi connectivity index (χ4v) is 2.21. The van der Waals surface area contributed by atoms with Crippen molar-refractivity contribution in [2.45, 2.75) is 44.4 Å². The molecule has 1 unspecified atom stereocenters. The van der Waals surface area contributed by atoms with Gasteiger partial charge in [-0.1, -0.05) is 0 Å². The number of nitrogens with zero attached hydrogens (tertiary/aromatic N) is 3. The zero-order valence-electron chi connectivity index (χ0n) is 9.22. The van der Waals surface area contributed by atoms with Crippen LogP contribution in [0.4, 0.5) is 0 Å². The molecule has 2 rings (SSSR count). The van der Waals surface area contributed by atoms with E-state index in [-0.39, 0.29) is 18.2 Å². The number of hydrogen-bond donors (Lipinski definition) is 2. The SMILES string of the molecule is CC(N[C@@H]1CCC[C@H]1O)c1nncn1C. The lowest BCUT2D eigenvalue weighted by molar-refractivity contribution is 0.143. The van der Waals surface area contributed by atoms with E-state index in [9.17, 15) is 5.11 Å². The second-order valence-electron chi connectivity index (χ2n) is 4.29. The summed E-state index contributed by atoms with van der Waals surface area (Å²) in [6.07, 6.45) is 4.54. The zero-order valence-corrected chi connectivity index (χ0v) is 9.22. The molecule has 15 heavy (non-hydrogen) atoms. The quantitative estimate of drug-likeness (QED) is 0.757. The third kappa shape index (κ3) is 2.18. The zero-order chi connectivity index (χ0) is 10.8. The summed E-state index contributed by atoms with van der Waals surface area (Å²) in [5.41, 5.74) is 0. The molecule has 0 spiro atoms. The van der Waals surface area contributed by atoms with Gasteiger partial charge in [0.05, 0.1) is 12.1 Å². The molecule has 1 saturated carbocycles. The van der Waals surface area contributed by atoms with Crippen LogP contribution in [0.15, 0.2) is 6.33 Å². The van der Waals surface area contributed by atoms with Crippen molar-refractivity contribution in [3.63, 3.8) is 0 Å². The van der Waals surface area contributed by atoms with Crippen molar-refractivity contribution in [1.82, 2.24) is 20.1 Å². The average Bonchev–Trinajstić information content (AvgIpc) is 2.76. The summed E-state index contributed by atoms with van der Waals surface area (Å²) in [4.78, 5) is 0. The van der Waals surface area contributed by atoms with Crippen molar-refractivity contribution in [1.29, 1.82) is 0 Å². The Morgan fingerprint density at radius 2 is 2.40 bits per heavy atom. The lowest BCUT2D eigenvalue weighted by Gasteiger charge is -2.21. The van der Waals surface area contributed by atoms with E-state index in [2.05, 4.69) is 22.4 Å². The van der Waals surface area contributed by atoms with Crippen LogP contribution in [0.25, 0.3) is 0 Å². The molecule has 1 aromatic rings. The predicted molar refractivity (Wildman–Crippen MR) is 56.2 cm³/mol. The molecule has 0 bridgehead atoms. The monoisotopic (exact) mass is 210 g/mol. The van der Waals surface area contributed by atoms with Gasteiger partial charge >= 0.3 is 0 Å². The van der Waals surface area contributed by atoms with Crippen LogP contribution in [0.3, 0.4) is 0 Å². The van der Waals surface area contributed by atoms with E-state index in [1.165, 1.54) is 0 Å². The second-order valence-corrected chi connectivity index (χ2v) is 4.29. The van der Waals surface area contributed by atoms with E-state index in [1.54, 1.807) is 6.33 Å². The lowest BCUT2D eigenvalue weighted by Crippen LogP contribution is -2.38. The van der Waals surface area contributed by atoms with Gasteiger partial charge in [-0.15, -0.1) is 10.2 Å². The van der Waals surface area contributed by atoms with Crippen LogP contribution in [0.2, 0.25) is 0 Å². The summed E-state index contributed by atoms with van der Waals surface area (Å²) < 4.78 is 1.90. The van der Waals surface area contributed by atoms with Gasteiger partial charge in [0.1, 0.15) is 12.2 Å². The van der Waals surface area contributed by atoms with Crippen LogP contribution in [0.1, 0.15) is 38.1 Å². The largest absolute Gasteiger partial charge is 0.392 e. The van der Waals surface area contributed by atoms with E-state index in [0.29, 0.717) is 0 Å². The van der Waals surface area contributed by atoms with Gasteiger partial charge in [-0.05, 0) is 26.2 Å². The third-order valence-electron chi connectivity index (χ3n) is 3.08. The molecule has 1 aliphatic rings. The van der Waals surface area contributed by atoms with Gasteiger partial charge in [-0.3, -0.25) is 0 Å². The third-order valence-corrected chi connectivity index (χ3v) is 3.08. The predicted octanol–water partition coefficient (Wildman–Crippen LogP) is 0.379. The Morgan fingerprint density at radius 3 is 2.93 bits per heavy atom. The maximum absolute atomic E-state index is 9.70. The lowest BCUT2D eigenvalue weighted by atomic mass is 10.2. The Morgan fingerprint density at radius 1 is 1.60 bits per heavy atom. The first-order valence-electron chi connectivity index (χ1n) is 5.46. The van der Waals surface area contributed by atoms with Crippen LogP contribution in [0.5, 0.6) is 0 Å². The van der Waals surface area contributed by atoms with E-state index in [1.807, 2.05) is 11.6 Å². The normalized spacial score (nSPS) is 28.2. The van der Waals surface area contributed by atoms with Gasteiger partial charge in [0.2, 0.25) is 0 Å². The number of hydrogen-bond acceptors (Lipinski definition) is 4. The van der Waals surface area contributed by atoms with Gasteiger partial charge in [0, 0.05) is 13.1 Å².